The lowest BCUT2D eigenvalue weighted by Crippen LogP contribution is -2.27. The van der Waals surface area contributed by atoms with E-state index in [-0.39, 0.29) is 0 Å². The molecule has 0 rings (SSSR count). The first-order valence-electron chi connectivity index (χ1n) is 4.14. The van der Waals surface area contributed by atoms with Crippen molar-refractivity contribution in [3.8, 4) is 0 Å². The van der Waals surface area contributed by atoms with Crippen molar-refractivity contribution in [2.24, 2.45) is 11.8 Å². The van der Waals surface area contributed by atoms with Gasteiger partial charge in [-0.05, 0) is 12.8 Å². The number of nitrogens with two attached hydrogens (primary N) is 1. The summed E-state index contributed by atoms with van der Waals surface area (Å²) in [4.78, 5) is 15.3. The maximum Gasteiger partial charge on any atom is 0.337 e. The van der Waals surface area contributed by atoms with Gasteiger partial charge in [0.2, 0.25) is 0 Å². The van der Waals surface area contributed by atoms with Crippen LogP contribution in [0.4, 0.5) is 0 Å². The number of carbonyl (C=O) groups is 1. The van der Waals surface area contributed by atoms with Crippen molar-refractivity contribution in [2.75, 3.05) is 6.61 Å². The molecule has 0 aliphatic rings. The zero-order valence-electron chi connectivity index (χ0n) is 7.87. The molecule has 0 heterocycles. The summed E-state index contributed by atoms with van der Waals surface area (Å²) < 4.78 is 4.90. The summed E-state index contributed by atoms with van der Waals surface area (Å²) in [5.74, 6) is 4.79. The van der Waals surface area contributed by atoms with E-state index < -0.39 is 12.1 Å². The summed E-state index contributed by atoms with van der Waals surface area (Å²) in [5, 5.41) is 0. The summed E-state index contributed by atoms with van der Waals surface area (Å²) in [6.45, 7) is 6.05. The Hall–Kier alpha value is -0.610. The molecular formula is C8H17NO3. The molecule has 2 atom stereocenters. The maximum absolute atomic E-state index is 11.0. The average molecular weight is 175 g/mol. The predicted molar refractivity (Wildman–Crippen MR) is 45.1 cm³/mol. The molecule has 0 aromatic rings. The Morgan fingerprint density at radius 3 is 2.50 bits per heavy atom. The molecule has 0 saturated heterocycles. The van der Waals surface area contributed by atoms with E-state index in [2.05, 4.69) is 4.84 Å². The zero-order chi connectivity index (χ0) is 9.56. The van der Waals surface area contributed by atoms with Crippen molar-refractivity contribution in [2.45, 2.75) is 33.3 Å². The molecule has 4 heteroatoms. The number of rotatable bonds is 5. The topological polar surface area (TPSA) is 61.5 Å². The average Bonchev–Trinajstić information content (AvgIpc) is 2.11. The van der Waals surface area contributed by atoms with Gasteiger partial charge in [-0.3, -0.25) is 4.84 Å². The normalized spacial score (nSPS) is 15.3. The second kappa shape index (κ2) is 5.97. The van der Waals surface area contributed by atoms with E-state index in [1.165, 1.54) is 0 Å². The van der Waals surface area contributed by atoms with Crippen LogP contribution in [0, 0.1) is 5.92 Å². The van der Waals surface area contributed by atoms with Crippen molar-refractivity contribution in [3.63, 3.8) is 0 Å². The number of ether oxygens (including phenoxy) is 1. The van der Waals surface area contributed by atoms with Crippen molar-refractivity contribution >= 4 is 5.97 Å². The van der Waals surface area contributed by atoms with Crippen molar-refractivity contribution in [1.29, 1.82) is 0 Å². The van der Waals surface area contributed by atoms with Gasteiger partial charge in [0.15, 0.2) is 6.10 Å². The molecule has 0 amide bonds. The highest BCUT2D eigenvalue weighted by Gasteiger charge is 2.14. The summed E-state index contributed by atoms with van der Waals surface area (Å²) in [7, 11) is 0. The van der Waals surface area contributed by atoms with Gasteiger partial charge in [-0.15, -0.1) is 0 Å². The standard InChI is InChI=1S/C8H17NO3/c1-4-6(2)5-11-8(10)7(3)12-9/h6-7H,4-5,9H2,1-3H3. The van der Waals surface area contributed by atoms with Gasteiger partial charge in [0.05, 0.1) is 6.61 Å². The molecule has 0 saturated carbocycles. The third kappa shape index (κ3) is 4.31. The number of esters is 1. The fraction of sp³-hybridized carbons (Fsp3) is 0.875. The first kappa shape index (κ1) is 11.4. The third-order valence-corrected chi connectivity index (χ3v) is 1.74. The maximum atomic E-state index is 11.0. The molecule has 0 aliphatic heterocycles. The summed E-state index contributed by atoms with van der Waals surface area (Å²) in [6.07, 6.45) is 0.319. The SMILES string of the molecule is CCC(C)COC(=O)C(C)ON. The van der Waals surface area contributed by atoms with Crippen LogP contribution in [0.5, 0.6) is 0 Å². The van der Waals surface area contributed by atoms with E-state index in [0.717, 1.165) is 6.42 Å². The highest BCUT2D eigenvalue weighted by atomic mass is 16.6. The summed E-state index contributed by atoms with van der Waals surface area (Å²) >= 11 is 0. The first-order chi connectivity index (χ1) is 5.61. The number of hydrogen-bond donors (Lipinski definition) is 1. The molecule has 2 unspecified atom stereocenters. The van der Waals surface area contributed by atoms with Gasteiger partial charge in [0.25, 0.3) is 0 Å². The smallest absolute Gasteiger partial charge is 0.337 e. The molecule has 72 valence electrons. The molecular weight excluding hydrogens is 158 g/mol. The fourth-order valence-electron chi connectivity index (χ4n) is 0.515. The van der Waals surface area contributed by atoms with Gasteiger partial charge < -0.3 is 4.74 Å². The van der Waals surface area contributed by atoms with Crippen LogP contribution in [0.15, 0.2) is 0 Å². The van der Waals surface area contributed by atoms with Crippen molar-refractivity contribution < 1.29 is 14.4 Å². The van der Waals surface area contributed by atoms with Crippen LogP contribution in [-0.2, 0) is 14.4 Å². The lowest BCUT2D eigenvalue weighted by molar-refractivity contribution is -0.157. The van der Waals surface area contributed by atoms with E-state index in [4.69, 9.17) is 10.6 Å². The van der Waals surface area contributed by atoms with Crippen LogP contribution in [-0.4, -0.2) is 18.7 Å². The Kier molecular flexibility index (Phi) is 5.66. The fourth-order valence-corrected chi connectivity index (χ4v) is 0.515. The quantitative estimate of drug-likeness (QED) is 0.497. The van der Waals surface area contributed by atoms with Gasteiger partial charge >= 0.3 is 5.97 Å². The highest BCUT2D eigenvalue weighted by molar-refractivity contribution is 5.74. The van der Waals surface area contributed by atoms with E-state index in [1.54, 1.807) is 6.92 Å². The van der Waals surface area contributed by atoms with Gasteiger partial charge in [-0.1, -0.05) is 20.3 Å². The van der Waals surface area contributed by atoms with E-state index in [0.29, 0.717) is 12.5 Å². The Bertz CT molecular complexity index is 138. The van der Waals surface area contributed by atoms with Crippen LogP contribution in [0.1, 0.15) is 27.2 Å². The third-order valence-electron chi connectivity index (χ3n) is 1.74. The minimum Gasteiger partial charge on any atom is -0.463 e. The molecule has 0 radical (unpaired) electrons. The largest absolute Gasteiger partial charge is 0.463 e. The van der Waals surface area contributed by atoms with Crippen LogP contribution in [0.3, 0.4) is 0 Å². The molecule has 2 N–H and O–H groups in total. The number of carbonyl (C=O) groups excluding carboxylic acids is 1. The van der Waals surface area contributed by atoms with Crippen LogP contribution in [0.2, 0.25) is 0 Å². The molecule has 0 aromatic carbocycles. The second-order valence-electron chi connectivity index (χ2n) is 2.92. The van der Waals surface area contributed by atoms with Gasteiger partial charge in [0, 0.05) is 0 Å². The van der Waals surface area contributed by atoms with E-state index >= 15 is 0 Å². The monoisotopic (exact) mass is 175 g/mol. The van der Waals surface area contributed by atoms with Crippen LogP contribution in [0.25, 0.3) is 0 Å². The zero-order valence-corrected chi connectivity index (χ0v) is 7.87. The van der Waals surface area contributed by atoms with Crippen LogP contribution < -0.4 is 5.90 Å². The highest BCUT2D eigenvalue weighted by Crippen LogP contribution is 2.02. The first-order valence-corrected chi connectivity index (χ1v) is 4.14. The lowest BCUT2D eigenvalue weighted by Gasteiger charge is -2.11. The molecule has 0 fully saturated rings. The minimum absolute atomic E-state index is 0.388. The van der Waals surface area contributed by atoms with E-state index in [9.17, 15) is 4.79 Å². The Labute approximate surface area is 73.0 Å². The summed E-state index contributed by atoms with van der Waals surface area (Å²) in [5.41, 5.74) is 0. The van der Waals surface area contributed by atoms with Gasteiger partial charge in [-0.2, -0.15) is 0 Å². The van der Waals surface area contributed by atoms with Gasteiger partial charge in [0.1, 0.15) is 0 Å². The molecule has 4 nitrogen and oxygen atoms in total. The van der Waals surface area contributed by atoms with Crippen molar-refractivity contribution in [3.05, 3.63) is 0 Å². The van der Waals surface area contributed by atoms with E-state index in [1.807, 2.05) is 13.8 Å². The van der Waals surface area contributed by atoms with Crippen molar-refractivity contribution in [1.82, 2.24) is 0 Å². The van der Waals surface area contributed by atoms with Crippen LogP contribution >= 0.6 is 0 Å². The molecule has 0 aliphatic carbocycles. The predicted octanol–water partition coefficient (Wildman–Crippen LogP) is 0.855. The Morgan fingerprint density at radius 2 is 2.08 bits per heavy atom. The molecule has 12 heavy (non-hydrogen) atoms. The Morgan fingerprint density at radius 1 is 1.50 bits per heavy atom. The lowest BCUT2D eigenvalue weighted by atomic mass is 10.1. The molecule has 0 spiro atoms. The second-order valence-corrected chi connectivity index (χ2v) is 2.92. The van der Waals surface area contributed by atoms with Gasteiger partial charge in [-0.25, -0.2) is 10.7 Å². The number of hydrogen-bond acceptors (Lipinski definition) is 4. The molecule has 0 bridgehead atoms. The minimum atomic E-state index is -0.672. The summed E-state index contributed by atoms with van der Waals surface area (Å²) in [6, 6.07) is 0. The molecule has 0 aromatic heterocycles. The Balaban J connectivity index is 3.56.